The predicted molar refractivity (Wildman–Crippen MR) is 117 cm³/mol. The van der Waals surface area contributed by atoms with Crippen LogP contribution in [-0.4, -0.2) is 68.0 Å². The molecule has 4 N–H and O–H groups in total. The van der Waals surface area contributed by atoms with Crippen molar-refractivity contribution in [3.63, 3.8) is 0 Å². The molecule has 0 aromatic carbocycles. The van der Waals surface area contributed by atoms with Gasteiger partial charge in [-0.25, -0.2) is 9.88 Å². The summed E-state index contributed by atoms with van der Waals surface area (Å²) in [5.41, 5.74) is -3.37. The molecule has 1 aliphatic heterocycles. The second-order valence-electron chi connectivity index (χ2n) is 7.76. The van der Waals surface area contributed by atoms with E-state index < -0.39 is 60.6 Å². The van der Waals surface area contributed by atoms with Crippen LogP contribution in [0.2, 0.25) is 0 Å². The van der Waals surface area contributed by atoms with Crippen LogP contribution < -0.4 is 16.3 Å². The van der Waals surface area contributed by atoms with Gasteiger partial charge in [-0.3, -0.25) is 23.7 Å². The number of aliphatic hydroxyl groups is 2. The topological polar surface area (TPSA) is 169 Å². The summed E-state index contributed by atoms with van der Waals surface area (Å²) in [5.74, 6) is -0.199. The molecule has 0 bridgehead atoms. The van der Waals surface area contributed by atoms with Gasteiger partial charge in [0, 0.05) is 18.0 Å². The summed E-state index contributed by atoms with van der Waals surface area (Å²) < 4.78 is 30.4. The number of nitrogens with zero attached hydrogens (tertiary/aromatic N) is 1. The Morgan fingerprint density at radius 3 is 2.66 bits per heavy atom. The Morgan fingerprint density at radius 2 is 2.09 bits per heavy atom. The van der Waals surface area contributed by atoms with Gasteiger partial charge in [-0.15, -0.1) is 0 Å². The molecule has 1 aromatic rings. The zero-order valence-electron chi connectivity index (χ0n) is 18.5. The number of carbonyl (C=O) groups excluding carboxylic acids is 1. The summed E-state index contributed by atoms with van der Waals surface area (Å²) in [6, 6.07) is 0.150. The van der Waals surface area contributed by atoms with Crippen LogP contribution in [0.5, 0.6) is 0 Å². The van der Waals surface area contributed by atoms with E-state index in [1.165, 1.54) is 13.8 Å². The maximum atomic E-state index is 13.2. The summed E-state index contributed by atoms with van der Waals surface area (Å²) >= 11 is 0.949. The zero-order valence-corrected chi connectivity index (χ0v) is 20.2. The van der Waals surface area contributed by atoms with Gasteiger partial charge in [-0.1, -0.05) is 18.3 Å². The molecule has 32 heavy (non-hydrogen) atoms. The monoisotopic (exact) mass is 495 g/mol. The van der Waals surface area contributed by atoms with E-state index in [0.29, 0.717) is 5.75 Å². The lowest BCUT2D eigenvalue weighted by Gasteiger charge is -2.27. The molecular formula is C18H30N3O9PS. The third-order valence-electron chi connectivity index (χ3n) is 4.62. The summed E-state index contributed by atoms with van der Waals surface area (Å²) in [7, 11) is 0. The lowest BCUT2D eigenvalue weighted by atomic mass is 9.96. The van der Waals surface area contributed by atoms with Gasteiger partial charge < -0.3 is 24.2 Å². The normalized spacial score (nSPS) is 28.4. The number of esters is 1. The van der Waals surface area contributed by atoms with E-state index in [4.69, 9.17) is 14.0 Å². The van der Waals surface area contributed by atoms with Gasteiger partial charge in [-0.05, 0) is 27.7 Å². The summed E-state index contributed by atoms with van der Waals surface area (Å²) in [4.78, 5) is 37.5. The van der Waals surface area contributed by atoms with Crippen LogP contribution in [-0.2, 0) is 23.4 Å². The van der Waals surface area contributed by atoms with Crippen molar-refractivity contribution in [2.75, 3.05) is 12.4 Å². The summed E-state index contributed by atoms with van der Waals surface area (Å²) in [6.45, 7) is 3.86. The largest absolute Gasteiger partial charge is 0.462 e. The Labute approximate surface area is 188 Å². The van der Waals surface area contributed by atoms with E-state index in [9.17, 15) is 29.2 Å². The van der Waals surface area contributed by atoms with Crippen molar-refractivity contribution in [2.24, 2.45) is 0 Å². The van der Waals surface area contributed by atoms with E-state index in [0.717, 1.165) is 28.2 Å². The molecule has 2 rings (SSSR count). The number of aromatic amines is 1. The fourth-order valence-corrected chi connectivity index (χ4v) is 6.68. The Morgan fingerprint density at radius 1 is 1.44 bits per heavy atom. The maximum absolute atomic E-state index is 13.2. The average Bonchev–Trinajstić information content (AvgIpc) is 2.89. The number of hydrogen-bond acceptors (Lipinski definition) is 10. The van der Waals surface area contributed by atoms with Gasteiger partial charge in [0.2, 0.25) is 0 Å². The molecule has 12 nitrogen and oxygen atoms in total. The molecular weight excluding hydrogens is 465 g/mol. The van der Waals surface area contributed by atoms with E-state index >= 15 is 0 Å². The van der Waals surface area contributed by atoms with Gasteiger partial charge in [0.1, 0.15) is 23.9 Å². The first-order valence-corrected chi connectivity index (χ1v) is 13.3. The minimum Gasteiger partial charge on any atom is -0.462 e. The van der Waals surface area contributed by atoms with Crippen LogP contribution in [0.4, 0.5) is 0 Å². The number of carbonyl (C=O) groups is 1. The number of ether oxygens (including phenoxy) is 2. The summed E-state index contributed by atoms with van der Waals surface area (Å²) in [5, 5.41) is 23.9. The van der Waals surface area contributed by atoms with Crippen LogP contribution in [0.25, 0.3) is 0 Å². The number of nitrogens with one attached hydrogen (secondary N) is 2. The lowest BCUT2D eigenvalue weighted by molar-refractivity contribution is -0.149. The molecule has 14 heteroatoms. The molecule has 6 atom stereocenters. The number of hydrogen-bond donors (Lipinski definition) is 4. The molecule has 0 spiro atoms. The molecule has 0 unspecified atom stereocenters. The van der Waals surface area contributed by atoms with E-state index in [-0.39, 0.29) is 6.10 Å². The third kappa shape index (κ3) is 6.31. The van der Waals surface area contributed by atoms with Crippen LogP contribution in [0.1, 0.15) is 40.8 Å². The van der Waals surface area contributed by atoms with Crippen molar-refractivity contribution in [3.8, 4) is 0 Å². The van der Waals surface area contributed by atoms with Crippen molar-refractivity contribution in [3.05, 3.63) is 33.1 Å². The summed E-state index contributed by atoms with van der Waals surface area (Å²) in [6.07, 6.45) is -3.20. The molecule has 0 saturated carbocycles. The van der Waals surface area contributed by atoms with E-state index in [1.807, 2.05) is 4.98 Å². The zero-order chi connectivity index (χ0) is 24.3. The minimum absolute atomic E-state index is 0.344. The number of H-pyrrole nitrogens is 1. The van der Waals surface area contributed by atoms with Crippen molar-refractivity contribution >= 4 is 24.1 Å². The van der Waals surface area contributed by atoms with Gasteiger partial charge in [0.15, 0.2) is 6.23 Å². The molecule has 0 aliphatic carbocycles. The first-order valence-electron chi connectivity index (χ1n) is 10.1. The van der Waals surface area contributed by atoms with Crippen LogP contribution in [0.15, 0.2) is 21.9 Å². The Balaban J connectivity index is 2.14. The standard InChI is InChI=1S/C18H30N3O9PS/c1-6-32-31(27,20-11(4)15(24)29-10(2)3)28-9-12-14(23)18(5,26)16(30-12)21-8-7-13(22)19-17(21)25/h7-8,10-12,14,16,23,26H,6,9H2,1-5H3,(H,20,27)(H,19,22,25)/t11-,12-,14-,16-,18-,31-/m1/s1. The minimum atomic E-state index is -3.62. The van der Waals surface area contributed by atoms with Crippen molar-refractivity contribution < 1.29 is 33.6 Å². The lowest BCUT2D eigenvalue weighted by Crippen LogP contribution is -2.46. The van der Waals surface area contributed by atoms with E-state index in [2.05, 4.69) is 5.09 Å². The van der Waals surface area contributed by atoms with E-state index in [1.54, 1.807) is 20.8 Å². The van der Waals surface area contributed by atoms with Crippen molar-refractivity contribution in [1.29, 1.82) is 0 Å². The molecule has 0 amide bonds. The fraction of sp³-hybridized carbons (Fsp3) is 0.722. The number of rotatable bonds is 10. The van der Waals surface area contributed by atoms with Gasteiger partial charge >= 0.3 is 18.4 Å². The first-order chi connectivity index (χ1) is 14.8. The smallest absolute Gasteiger partial charge is 0.330 e. The Kier molecular flexibility index (Phi) is 8.90. The number of aliphatic hydroxyl groups excluding tert-OH is 1. The van der Waals surface area contributed by atoms with Crippen molar-refractivity contribution in [2.45, 2.75) is 70.8 Å². The SMILES string of the molecule is CCS[P@@](=O)(N[C@H](C)C(=O)OC(C)C)OC[C@H]1O[C@@H](n2ccc(=O)[nH]c2=O)[C@](C)(O)[C@@H]1O. The number of aromatic nitrogens is 2. The molecule has 1 aliphatic rings. The molecule has 0 radical (unpaired) electrons. The Hall–Kier alpha value is -1.47. The van der Waals surface area contributed by atoms with Crippen molar-refractivity contribution in [1.82, 2.24) is 14.6 Å². The quantitative estimate of drug-likeness (QED) is 0.261. The van der Waals surface area contributed by atoms with Crippen LogP contribution in [0, 0.1) is 0 Å². The highest BCUT2D eigenvalue weighted by Crippen LogP contribution is 2.56. The highest BCUT2D eigenvalue weighted by molar-refractivity contribution is 8.56. The van der Waals surface area contributed by atoms with Gasteiger partial charge in [0.25, 0.3) is 5.56 Å². The van der Waals surface area contributed by atoms with Crippen LogP contribution in [0.3, 0.4) is 0 Å². The molecule has 1 aromatic heterocycles. The van der Waals surface area contributed by atoms with Gasteiger partial charge in [-0.2, -0.15) is 0 Å². The van der Waals surface area contributed by atoms with Gasteiger partial charge in [0.05, 0.1) is 12.7 Å². The molecule has 2 heterocycles. The molecule has 182 valence electrons. The first kappa shape index (κ1) is 26.8. The van der Waals surface area contributed by atoms with Crippen LogP contribution >= 0.6 is 18.1 Å². The maximum Gasteiger partial charge on any atom is 0.330 e. The molecule has 1 fully saturated rings. The highest BCUT2D eigenvalue weighted by atomic mass is 32.7. The molecule has 1 saturated heterocycles. The highest BCUT2D eigenvalue weighted by Gasteiger charge is 2.54. The second kappa shape index (κ2) is 10.6. The third-order valence-corrected chi connectivity index (χ3v) is 8.84. The predicted octanol–water partition coefficient (Wildman–Crippen LogP) is 0.353. The fourth-order valence-electron chi connectivity index (χ4n) is 3.07. The second-order valence-corrected chi connectivity index (χ2v) is 12.3. The average molecular weight is 495 g/mol. The Bertz CT molecular complexity index is 964.